The van der Waals surface area contributed by atoms with Crippen LogP contribution in [0.5, 0.6) is 5.75 Å². The highest BCUT2D eigenvalue weighted by molar-refractivity contribution is 5.74. The fraction of sp³-hybridized carbons (Fsp3) is 0.417. The van der Waals surface area contributed by atoms with E-state index >= 15 is 0 Å². The van der Waals surface area contributed by atoms with Crippen molar-refractivity contribution >= 4 is 5.97 Å². The number of hydrogen-bond donors (Lipinski definition) is 3. The molecule has 0 amide bonds. The van der Waals surface area contributed by atoms with E-state index in [0.717, 1.165) is 6.07 Å². The average Bonchev–Trinajstić information content (AvgIpc) is 2.27. The van der Waals surface area contributed by atoms with Crippen LogP contribution in [-0.2, 0) is 11.3 Å². The summed E-state index contributed by atoms with van der Waals surface area (Å²) in [5.74, 6) is -1.57. The van der Waals surface area contributed by atoms with Crippen LogP contribution in [0.1, 0.15) is 5.56 Å². The van der Waals surface area contributed by atoms with Crippen LogP contribution in [0.4, 0.5) is 4.39 Å². The Morgan fingerprint density at radius 2 is 2.28 bits per heavy atom. The van der Waals surface area contributed by atoms with Gasteiger partial charge in [-0.1, -0.05) is 0 Å². The molecule has 1 fully saturated rings. The van der Waals surface area contributed by atoms with Gasteiger partial charge in [0.15, 0.2) is 0 Å². The van der Waals surface area contributed by atoms with Crippen molar-refractivity contribution in [3.63, 3.8) is 0 Å². The number of nitrogens with zero attached hydrogens (tertiary/aromatic N) is 1. The summed E-state index contributed by atoms with van der Waals surface area (Å²) in [5, 5.41) is 21.4. The first kappa shape index (κ1) is 12.8. The van der Waals surface area contributed by atoms with E-state index in [9.17, 15) is 14.3 Å². The summed E-state index contributed by atoms with van der Waals surface area (Å²) in [4.78, 5) is 12.8. The standard InChI is InChI=1S/C12H15FN2O3/c13-9-3-8(4-10(16)5-9)7-15-2-1-14-6-11(15)12(17)18/h3-5,11,14,16H,1-2,6-7H2,(H,17,18). The van der Waals surface area contributed by atoms with Crippen molar-refractivity contribution in [3.05, 3.63) is 29.6 Å². The maximum Gasteiger partial charge on any atom is 0.322 e. The van der Waals surface area contributed by atoms with Crippen molar-refractivity contribution in [3.8, 4) is 5.75 Å². The highest BCUT2D eigenvalue weighted by atomic mass is 19.1. The second-order valence-corrected chi connectivity index (χ2v) is 4.35. The number of halogens is 1. The second-order valence-electron chi connectivity index (χ2n) is 4.35. The lowest BCUT2D eigenvalue weighted by Crippen LogP contribution is -2.54. The third-order valence-electron chi connectivity index (χ3n) is 2.97. The van der Waals surface area contributed by atoms with Crippen LogP contribution in [0.25, 0.3) is 0 Å². The van der Waals surface area contributed by atoms with Gasteiger partial charge in [-0.2, -0.15) is 0 Å². The summed E-state index contributed by atoms with van der Waals surface area (Å²) in [6.07, 6.45) is 0. The van der Waals surface area contributed by atoms with Gasteiger partial charge in [-0.3, -0.25) is 9.69 Å². The fourth-order valence-electron chi connectivity index (χ4n) is 2.14. The normalized spacial score (nSPS) is 20.8. The van der Waals surface area contributed by atoms with Gasteiger partial charge in [-0.15, -0.1) is 0 Å². The van der Waals surface area contributed by atoms with Crippen LogP contribution in [-0.4, -0.2) is 46.8 Å². The van der Waals surface area contributed by atoms with Crippen LogP contribution in [0.2, 0.25) is 0 Å². The van der Waals surface area contributed by atoms with E-state index < -0.39 is 17.8 Å². The molecule has 1 aliphatic heterocycles. The van der Waals surface area contributed by atoms with Gasteiger partial charge in [-0.25, -0.2) is 4.39 Å². The van der Waals surface area contributed by atoms with Crippen molar-refractivity contribution < 1.29 is 19.4 Å². The third-order valence-corrected chi connectivity index (χ3v) is 2.97. The maximum atomic E-state index is 13.1. The minimum atomic E-state index is -0.900. The lowest BCUT2D eigenvalue weighted by atomic mass is 10.1. The molecule has 0 aliphatic carbocycles. The van der Waals surface area contributed by atoms with Gasteiger partial charge in [0.25, 0.3) is 0 Å². The Bertz CT molecular complexity index is 433. The van der Waals surface area contributed by atoms with E-state index in [-0.39, 0.29) is 5.75 Å². The van der Waals surface area contributed by atoms with E-state index in [4.69, 9.17) is 5.11 Å². The predicted octanol–water partition coefficient (Wildman–Crippen LogP) is 0.390. The molecule has 1 aromatic rings. The van der Waals surface area contributed by atoms with Gasteiger partial charge in [0, 0.05) is 32.2 Å². The molecule has 5 nitrogen and oxygen atoms in total. The smallest absolute Gasteiger partial charge is 0.322 e. The number of nitrogens with one attached hydrogen (secondary N) is 1. The van der Waals surface area contributed by atoms with E-state index in [2.05, 4.69) is 5.32 Å². The molecule has 3 N–H and O–H groups in total. The molecule has 0 radical (unpaired) electrons. The van der Waals surface area contributed by atoms with Gasteiger partial charge in [0.05, 0.1) is 0 Å². The molecule has 0 saturated carbocycles. The Morgan fingerprint density at radius 3 is 2.94 bits per heavy atom. The topological polar surface area (TPSA) is 72.8 Å². The summed E-state index contributed by atoms with van der Waals surface area (Å²) in [7, 11) is 0. The summed E-state index contributed by atoms with van der Waals surface area (Å²) in [6, 6.07) is 3.16. The molecule has 98 valence electrons. The Hall–Kier alpha value is -1.66. The largest absolute Gasteiger partial charge is 0.508 e. The van der Waals surface area contributed by atoms with E-state index in [1.54, 1.807) is 4.90 Å². The summed E-state index contributed by atoms with van der Waals surface area (Å²) in [6.45, 7) is 1.96. The molecule has 0 spiro atoms. The number of aliphatic carboxylic acids is 1. The van der Waals surface area contributed by atoms with Gasteiger partial charge in [-0.05, 0) is 17.7 Å². The van der Waals surface area contributed by atoms with Crippen LogP contribution in [0.15, 0.2) is 18.2 Å². The molecule has 6 heteroatoms. The minimum absolute atomic E-state index is 0.146. The summed E-state index contributed by atoms with van der Waals surface area (Å²) < 4.78 is 13.1. The first-order chi connectivity index (χ1) is 8.56. The van der Waals surface area contributed by atoms with E-state index in [1.807, 2.05) is 0 Å². The fourth-order valence-corrected chi connectivity index (χ4v) is 2.14. The molecule has 1 unspecified atom stereocenters. The zero-order valence-electron chi connectivity index (χ0n) is 9.77. The Balaban J connectivity index is 2.13. The highest BCUT2D eigenvalue weighted by Crippen LogP contribution is 2.17. The van der Waals surface area contributed by atoms with Crippen molar-refractivity contribution in [2.24, 2.45) is 0 Å². The molecule has 1 aliphatic rings. The van der Waals surface area contributed by atoms with E-state index in [1.165, 1.54) is 12.1 Å². The van der Waals surface area contributed by atoms with Crippen molar-refractivity contribution in [1.82, 2.24) is 10.2 Å². The molecular weight excluding hydrogens is 239 g/mol. The van der Waals surface area contributed by atoms with Gasteiger partial charge in [0.2, 0.25) is 0 Å². The lowest BCUT2D eigenvalue weighted by molar-refractivity contribution is -0.144. The third kappa shape index (κ3) is 2.96. The van der Waals surface area contributed by atoms with Crippen molar-refractivity contribution in [1.29, 1.82) is 0 Å². The first-order valence-corrected chi connectivity index (χ1v) is 5.72. The quantitative estimate of drug-likeness (QED) is 0.727. The number of phenols is 1. The maximum absolute atomic E-state index is 13.1. The summed E-state index contributed by atoms with van der Waals surface area (Å²) in [5.41, 5.74) is 0.570. The van der Waals surface area contributed by atoms with Crippen LogP contribution < -0.4 is 5.32 Å². The second kappa shape index (κ2) is 5.32. The van der Waals surface area contributed by atoms with Crippen molar-refractivity contribution in [2.75, 3.05) is 19.6 Å². The first-order valence-electron chi connectivity index (χ1n) is 5.72. The Morgan fingerprint density at radius 1 is 1.50 bits per heavy atom. The van der Waals surface area contributed by atoms with Gasteiger partial charge < -0.3 is 15.5 Å². The number of phenolic OH excluding ortho intramolecular Hbond substituents is 1. The number of benzene rings is 1. The zero-order valence-corrected chi connectivity index (χ0v) is 9.77. The monoisotopic (exact) mass is 254 g/mol. The number of hydrogen-bond acceptors (Lipinski definition) is 4. The molecule has 0 bridgehead atoms. The Labute approximate surface area is 104 Å². The molecule has 2 rings (SSSR count). The average molecular weight is 254 g/mol. The predicted molar refractivity (Wildman–Crippen MR) is 62.8 cm³/mol. The molecule has 1 saturated heterocycles. The number of carbonyl (C=O) groups is 1. The number of piperazine rings is 1. The lowest BCUT2D eigenvalue weighted by Gasteiger charge is -2.33. The number of carboxylic acid groups (broad SMARTS) is 1. The molecule has 0 aromatic heterocycles. The number of rotatable bonds is 3. The number of aromatic hydroxyl groups is 1. The van der Waals surface area contributed by atoms with Crippen molar-refractivity contribution in [2.45, 2.75) is 12.6 Å². The summed E-state index contributed by atoms with van der Waals surface area (Å²) >= 11 is 0. The van der Waals surface area contributed by atoms with Crippen LogP contribution in [0, 0.1) is 5.82 Å². The molecule has 1 aromatic carbocycles. The van der Waals surface area contributed by atoms with Crippen LogP contribution >= 0.6 is 0 Å². The Kier molecular flexibility index (Phi) is 3.78. The number of carboxylic acids is 1. The van der Waals surface area contributed by atoms with E-state index in [0.29, 0.717) is 31.7 Å². The molecule has 18 heavy (non-hydrogen) atoms. The van der Waals surface area contributed by atoms with Gasteiger partial charge >= 0.3 is 5.97 Å². The van der Waals surface area contributed by atoms with Crippen LogP contribution in [0.3, 0.4) is 0 Å². The van der Waals surface area contributed by atoms with Gasteiger partial charge in [0.1, 0.15) is 17.6 Å². The minimum Gasteiger partial charge on any atom is -0.508 e. The molecule has 1 atom stereocenters. The highest BCUT2D eigenvalue weighted by Gasteiger charge is 2.28. The SMILES string of the molecule is O=C(O)C1CNCCN1Cc1cc(O)cc(F)c1. The zero-order chi connectivity index (χ0) is 13.1. The molecule has 1 heterocycles. The molecular formula is C12H15FN2O3.